The first-order valence-corrected chi connectivity index (χ1v) is 4.02. The lowest BCUT2D eigenvalue weighted by atomic mass is 10.2. The van der Waals surface area contributed by atoms with Gasteiger partial charge in [0.05, 0.1) is 5.56 Å². The zero-order valence-electron chi connectivity index (χ0n) is 8.07. The molecule has 0 saturated heterocycles. The van der Waals surface area contributed by atoms with Crippen molar-refractivity contribution in [3.8, 4) is 0 Å². The van der Waals surface area contributed by atoms with Crippen LogP contribution in [-0.2, 0) is 7.05 Å². The van der Waals surface area contributed by atoms with Gasteiger partial charge in [0.2, 0.25) is 0 Å². The van der Waals surface area contributed by atoms with E-state index < -0.39 is 5.69 Å². The fourth-order valence-corrected chi connectivity index (χ4v) is 1.02. The minimum atomic E-state index is -0.428. The van der Waals surface area contributed by atoms with E-state index in [9.17, 15) is 9.59 Å². The Morgan fingerprint density at radius 2 is 2.14 bits per heavy atom. The molecule has 0 radical (unpaired) electrons. The van der Waals surface area contributed by atoms with Gasteiger partial charge >= 0.3 is 5.69 Å². The molecular formula is C9H11N3O2. The fraction of sp³-hybridized carbons (Fsp3) is 0.222. The monoisotopic (exact) mass is 193 g/mol. The van der Waals surface area contributed by atoms with E-state index in [2.05, 4.69) is 16.6 Å². The maximum atomic E-state index is 11.5. The molecule has 5 heteroatoms. The molecule has 14 heavy (non-hydrogen) atoms. The van der Waals surface area contributed by atoms with Gasteiger partial charge in [0, 0.05) is 25.2 Å². The van der Waals surface area contributed by atoms with Crippen molar-refractivity contribution in [1.82, 2.24) is 9.55 Å². The van der Waals surface area contributed by atoms with Crippen molar-refractivity contribution < 1.29 is 0 Å². The molecule has 1 aromatic heterocycles. The summed E-state index contributed by atoms with van der Waals surface area (Å²) < 4.78 is 0.997. The molecule has 0 aliphatic carbocycles. The van der Waals surface area contributed by atoms with Crippen LogP contribution in [0.4, 0.5) is 0 Å². The minimum Gasteiger partial charge on any atom is -0.311 e. The summed E-state index contributed by atoms with van der Waals surface area (Å²) in [6.45, 7) is 5.04. The molecule has 1 aromatic rings. The van der Waals surface area contributed by atoms with E-state index in [0.29, 0.717) is 11.3 Å². The van der Waals surface area contributed by atoms with Crippen LogP contribution < -0.4 is 11.2 Å². The third-order valence-corrected chi connectivity index (χ3v) is 1.85. The van der Waals surface area contributed by atoms with Crippen molar-refractivity contribution in [1.29, 1.82) is 0 Å². The lowest BCUT2D eigenvalue weighted by molar-refractivity contribution is 0.763. The van der Waals surface area contributed by atoms with Crippen LogP contribution in [0.3, 0.4) is 0 Å². The Morgan fingerprint density at radius 1 is 1.50 bits per heavy atom. The molecule has 74 valence electrons. The highest BCUT2D eigenvalue weighted by Crippen LogP contribution is 1.91. The van der Waals surface area contributed by atoms with Crippen molar-refractivity contribution in [2.45, 2.75) is 6.92 Å². The molecule has 1 heterocycles. The van der Waals surface area contributed by atoms with E-state index in [1.807, 2.05) is 0 Å². The minimum absolute atomic E-state index is 0.364. The molecule has 1 N–H and O–H groups in total. The van der Waals surface area contributed by atoms with E-state index in [1.165, 1.54) is 19.5 Å². The van der Waals surface area contributed by atoms with Crippen molar-refractivity contribution >= 4 is 6.21 Å². The number of hydrogen-bond donors (Lipinski definition) is 1. The maximum Gasteiger partial charge on any atom is 0.328 e. The average molecular weight is 193 g/mol. The zero-order chi connectivity index (χ0) is 10.7. The molecule has 1 rings (SSSR count). The second-order valence-corrected chi connectivity index (χ2v) is 2.79. The molecule has 0 aromatic carbocycles. The second kappa shape index (κ2) is 3.87. The number of H-pyrrole nitrogens is 1. The third-order valence-electron chi connectivity index (χ3n) is 1.85. The van der Waals surface area contributed by atoms with Gasteiger partial charge in [0.25, 0.3) is 5.56 Å². The van der Waals surface area contributed by atoms with Crippen LogP contribution in [0.5, 0.6) is 0 Å². The Hall–Kier alpha value is -1.91. The molecule has 0 amide bonds. The number of aryl methyl sites for hydroxylation is 1. The Kier molecular flexibility index (Phi) is 2.81. The SMILES string of the molecule is C=C/N=C\c1c(C)[nH]c(=O)n(C)c1=O. The van der Waals surface area contributed by atoms with Gasteiger partial charge in [-0.3, -0.25) is 14.4 Å². The van der Waals surface area contributed by atoms with Crippen LogP contribution in [0, 0.1) is 6.92 Å². The van der Waals surface area contributed by atoms with Gasteiger partial charge in [-0.05, 0) is 6.92 Å². The summed E-state index contributed by atoms with van der Waals surface area (Å²) in [5, 5.41) is 0. The van der Waals surface area contributed by atoms with Gasteiger partial charge in [-0.2, -0.15) is 0 Å². The molecule has 0 spiro atoms. The molecule has 0 unspecified atom stereocenters. The largest absolute Gasteiger partial charge is 0.328 e. The van der Waals surface area contributed by atoms with Gasteiger partial charge in [-0.1, -0.05) is 6.58 Å². The van der Waals surface area contributed by atoms with E-state index in [-0.39, 0.29) is 5.56 Å². The van der Waals surface area contributed by atoms with Crippen LogP contribution in [0.2, 0.25) is 0 Å². The van der Waals surface area contributed by atoms with Crippen LogP contribution in [0.1, 0.15) is 11.3 Å². The quantitative estimate of drug-likeness (QED) is 0.669. The molecule has 0 aliphatic heterocycles. The maximum absolute atomic E-state index is 11.5. The van der Waals surface area contributed by atoms with E-state index in [1.54, 1.807) is 6.92 Å². The third kappa shape index (κ3) is 1.71. The number of nitrogens with zero attached hydrogens (tertiary/aromatic N) is 2. The van der Waals surface area contributed by atoms with Crippen LogP contribution in [0.15, 0.2) is 27.4 Å². The normalized spacial score (nSPS) is 10.7. The summed E-state index contributed by atoms with van der Waals surface area (Å²) in [5.41, 5.74) is 0.0794. The van der Waals surface area contributed by atoms with Gasteiger partial charge in [-0.25, -0.2) is 4.79 Å². The summed E-state index contributed by atoms with van der Waals surface area (Å²) >= 11 is 0. The Labute approximate surface area is 80.4 Å². The van der Waals surface area contributed by atoms with Crippen molar-refractivity contribution in [3.05, 3.63) is 44.9 Å². The molecule has 0 saturated carbocycles. The highest BCUT2D eigenvalue weighted by atomic mass is 16.2. The van der Waals surface area contributed by atoms with Crippen LogP contribution >= 0.6 is 0 Å². The summed E-state index contributed by atoms with van der Waals surface area (Å²) in [5.74, 6) is 0. The first-order chi connectivity index (χ1) is 6.57. The molecule has 0 atom stereocenters. The van der Waals surface area contributed by atoms with E-state index >= 15 is 0 Å². The number of rotatable bonds is 2. The lowest BCUT2D eigenvalue weighted by Crippen LogP contribution is -2.35. The Bertz CT molecular complexity index is 494. The fourth-order valence-electron chi connectivity index (χ4n) is 1.02. The molecule has 0 fully saturated rings. The Morgan fingerprint density at radius 3 is 2.71 bits per heavy atom. The van der Waals surface area contributed by atoms with Gasteiger partial charge in [0.15, 0.2) is 0 Å². The molecule has 0 bridgehead atoms. The summed E-state index contributed by atoms with van der Waals surface area (Å²) in [7, 11) is 1.41. The van der Waals surface area contributed by atoms with Gasteiger partial charge in [-0.15, -0.1) is 0 Å². The van der Waals surface area contributed by atoms with Crippen LogP contribution in [-0.4, -0.2) is 15.8 Å². The summed E-state index contributed by atoms with van der Waals surface area (Å²) in [6.07, 6.45) is 2.70. The highest BCUT2D eigenvalue weighted by molar-refractivity contribution is 5.80. The van der Waals surface area contributed by atoms with Crippen LogP contribution in [0.25, 0.3) is 0 Å². The van der Waals surface area contributed by atoms with Crippen molar-refractivity contribution in [2.24, 2.45) is 12.0 Å². The zero-order valence-corrected chi connectivity index (χ0v) is 8.07. The number of aromatic nitrogens is 2. The first-order valence-electron chi connectivity index (χ1n) is 4.02. The topological polar surface area (TPSA) is 67.2 Å². The first kappa shape index (κ1) is 10.2. The smallest absolute Gasteiger partial charge is 0.311 e. The Balaban J connectivity index is 3.52. The molecular weight excluding hydrogens is 182 g/mol. The van der Waals surface area contributed by atoms with E-state index in [0.717, 1.165) is 4.57 Å². The second-order valence-electron chi connectivity index (χ2n) is 2.79. The number of nitrogens with one attached hydrogen (secondary N) is 1. The van der Waals surface area contributed by atoms with E-state index in [4.69, 9.17) is 0 Å². The van der Waals surface area contributed by atoms with Crippen molar-refractivity contribution in [3.63, 3.8) is 0 Å². The van der Waals surface area contributed by atoms with Gasteiger partial charge < -0.3 is 4.98 Å². The molecule has 0 aliphatic rings. The lowest BCUT2D eigenvalue weighted by Gasteiger charge is -2.01. The summed E-state index contributed by atoms with van der Waals surface area (Å²) in [4.78, 5) is 28.9. The predicted octanol–water partition coefficient (Wildman–Crippen LogP) is -0.0556. The molecule has 5 nitrogen and oxygen atoms in total. The number of aromatic amines is 1. The standard InChI is InChI=1S/C9H11N3O2/c1-4-10-5-7-6(2)11-9(14)12(3)8(7)13/h4-5H,1H2,2-3H3,(H,11,14)/b10-5-. The number of aliphatic imine (C=N–C) groups is 1. The summed E-state index contributed by atoms with van der Waals surface area (Å²) in [6, 6.07) is 0. The number of hydrogen-bond acceptors (Lipinski definition) is 3. The van der Waals surface area contributed by atoms with Crippen molar-refractivity contribution in [2.75, 3.05) is 0 Å². The average Bonchev–Trinajstić information content (AvgIpc) is 2.14. The predicted molar refractivity (Wildman–Crippen MR) is 54.8 cm³/mol. The van der Waals surface area contributed by atoms with Gasteiger partial charge in [0.1, 0.15) is 0 Å². The highest BCUT2D eigenvalue weighted by Gasteiger charge is 2.05.